The van der Waals surface area contributed by atoms with Gasteiger partial charge in [0.1, 0.15) is 0 Å². The van der Waals surface area contributed by atoms with Crippen LogP contribution in [0, 0.1) is 0 Å². The largest absolute Gasteiger partial charge is 1.00 e. The van der Waals surface area contributed by atoms with Crippen LogP contribution < -0.4 is 34.7 Å². The molecule has 1 aromatic rings. The first kappa shape index (κ1) is 25.7. The van der Waals surface area contributed by atoms with E-state index in [0.717, 1.165) is 19.4 Å². The van der Waals surface area contributed by atoms with E-state index in [0.29, 0.717) is 31.9 Å². The minimum absolute atomic E-state index is 0. The van der Waals surface area contributed by atoms with Gasteiger partial charge in [-0.2, -0.15) is 0 Å². The SMILES string of the molecule is CC.CCCCOCCN(CCO)Cc1cccc(C(=O)[O-])n1.[Na+]. The van der Waals surface area contributed by atoms with Crippen molar-refractivity contribution in [2.75, 3.05) is 32.9 Å². The van der Waals surface area contributed by atoms with Gasteiger partial charge in [0.15, 0.2) is 0 Å². The number of hydrogen-bond acceptors (Lipinski definition) is 6. The third-order valence-corrected chi connectivity index (χ3v) is 3.01. The molecule has 6 nitrogen and oxygen atoms in total. The zero-order valence-electron chi connectivity index (χ0n) is 15.5. The van der Waals surface area contributed by atoms with Gasteiger partial charge in [-0.1, -0.05) is 33.3 Å². The molecule has 0 aliphatic carbocycles. The first-order valence-electron chi connectivity index (χ1n) is 8.25. The van der Waals surface area contributed by atoms with E-state index >= 15 is 0 Å². The van der Waals surface area contributed by atoms with Crippen molar-refractivity contribution in [3.8, 4) is 0 Å². The molecule has 1 rings (SSSR count). The minimum Gasteiger partial charge on any atom is -0.543 e. The zero-order valence-corrected chi connectivity index (χ0v) is 17.5. The maximum atomic E-state index is 10.8. The number of hydrogen-bond donors (Lipinski definition) is 1. The summed E-state index contributed by atoms with van der Waals surface area (Å²) in [6.45, 7) is 9.10. The Morgan fingerprint density at radius 2 is 2.00 bits per heavy atom. The Kier molecular flexibility index (Phi) is 18.6. The van der Waals surface area contributed by atoms with E-state index in [-0.39, 0.29) is 41.9 Å². The van der Waals surface area contributed by atoms with Crippen LogP contribution in [-0.2, 0) is 11.3 Å². The normalized spacial score (nSPS) is 9.88. The number of aliphatic hydroxyl groups is 1. The molecule has 0 amide bonds. The van der Waals surface area contributed by atoms with Crippen LogP contribution in [0.3, 0.4) is 0 Å². The first-order valence-corrected chi connectivity index (χ1v) is 8.25. The Hall–Kier alpha value is -0.500. The van der Waals surface area contributed by atoms with Crippen LogP contribution in [0.4, 0.5) is 0 Å². The maximum absolute atomic E-state index is 10.8. The smallest absolute Gasteiger partial charge is 0.543 e. The molecule has 0 unspecified atom stereocenters. The van der Waals surface area contributed by atoms with Gasteiger partial charge in [-0.3, -0.25) is 9.88 Å². The number of carboxylic acid groups (broad SMARTS) is 1. The summed E-state index contributed by atoms with van der Waals surface area (Å²) < 4.78 is 5.50. The van der Waals surface area contributed by atoms with Gasteiger partial charge >= 0.3 is 29.6 Å². The fraction of sp³-hybridized carbons (Fsp3) is 0.647. The number of carbonyl (C=O) groups excluding carboxylic acids is 1. The molecule has 132 valence electrons. The molecule has 0 aliphatic rings. The van der Waals surface area contributed by atoms with E-state index in [4.69, 9.17) is 9.84 Å². The number of aromatic nitrogens is 1. The minimum atomic E-state index is -1.28. The van der Waals surface area contributed by atoms with Crippen molar-refractivity contribution < 1.29 is 49.3 Å². The summed E-state index contributed by atoms with van der Waals surface area (Å²) in [6, 6.07) is 4.81. The van der Waals surface area contributed by atoms with Gasteiger partial charge in [-0.25, -0.2) is 0 Å². The van der Waals surface area contributed by atoms with E-state index in [9.17, 15) is 9.90 Å². The molecule has 0 aromatic carbocycles. The number of nitrogens with zero attached hydrogens (tertiary/aromatic N) is 2. The Balaban J connectivity index is 0. The molecule has 0 spiro atoms. The van der Waals surface area contributed by atoms with Crippen molar-refractivity contribution in [2.45, 2.75) is 40.2 Å². The van der Waals surface area contributed by atoms with Crippen molar-refractivity contribution in [1.82, 2.24) is 9.88 Å². The number of carboxylic acids is 1. The number of pyridine rings is 1. The number of carbonyl (C=O) groups is 1. The summed E-state index contributed by atoms with van der Waals surface area (Å²) in [5.41, 5.74) is 0.564. The van der Waals surface area contributed by atoms with Crippen LogP contribution in [0.2, 0.25) is 0 Å². The monoisotopic (exact) mass is 348 g/mol. The molecule has 24 heavy (non-hydrogen) atoms. The second kappa shape index (κ2) is 17.3. The van der Waals surface area contributed by atoms with Crippen LogP contribution >= 0.6 is 0 Å². The summed E-state index contributed by atoms with van der Waals surface area (Å²) in [5, 5.41) is 19.9. The number of rotatable bonds is 11. The molecule has 0 aliphatic heterocycles. The Morgan fingerprint density at radius 3 is 2.58 bits per heavy atom. The molecule has 0 saturated carbocycles. The molecule has 1 heterocycles. The standard InChI is InChI=1S/C15H24N2O4.C2H6.Na/c1-2-3-10-21-11-8-17(7-9-18)12-13-5-4-6-14(16-13)15(19)20;1-2;/h4-6,18H,2-3,7-12H2,1H3,(H,19,20);1-2H3;/q;;+1/p-1. The molecular weight excluding hydrogens is 319 g/mol. The van der Waals surface area contributed by atoms with Crippen molar-refractivity contribution in [3.63, 3.8) is 0 Å². The summed E-state index contributed by atoms with van der Waals surface area (Å²) in [7, 11) is 0. The van der Waals surface area contributed by atoms with Crippen LogP contribution in [0.15, 0.2) is 18.2 Å². The second-order valence-electron chi connectivity index (χ2n) is 4.77. The zero-order chi connectivity index (χ0) is 17.5. The van der Waals surface area contributed by atoms with Gasteiger partial charge in [0, 0.05) is 26.2 Å². The van der Waals surface area contributed by atoms with Gasteiger partial charge in [-0.15, -0.1) is 0 Å². The van der Waals surface area contributed by atoms with E-state index in [2.05, 4.69) is 11.9 Å². The van der Waals surface area contributed by atoms with Gasteiger partial charge in [0.05, 0.1) is 30.6 Å². The molecule has 0 fully saturated rings. The maximum Gasteiger partial charge on any atom is 1.00 e. The number of aliphatic hydroxyl groups excluding tert-OH is 1. The number of ether oxygens (including phenoxy) is 1. The third-order valence-electron chi connectivity index (χ3n) is 3.01. The summed E-state index contributed by atoms with van der Waals surface area (Å²) in [6.07, 6.45) is 2.13. The molecule has 0 radical (unpaired) electrons. The molecule has 1 aromatic heterocycles. The Morgan fingerprint density at radius 1 is 1.29 bits per heavy atom. The third kappa shape index (κ3) is 11.9. The van der Waals surface area contributed by atoms with Gasteiger partial charge < -0.3 is 19.7 Å². The fourth-order valence-electron chi connectivity index (χ4n) is 1.86. The second-order valence-corrected chi connectivity index (χ2v) is 4.77. The Labute approximate surface area is 167 Å². The summed E-state index contributed by atoms with van der Waals surface area (Å²) in [4.78, 5) is 16.8. The molecule has 0 atom stereocenters. The van der Waals surface area contributed by atoms with Gasteiger partial charge in [-0.05, 0) is 18.6 Å². The topological polar surface area (TPSA) is 85.7 Å². The summed E-state index contributed by atoms with van der Waals surface area (Å²) >= 11 is 0. The quantitative estimate of drug-likeness (QED) is 0.371. The van der Waals surface area contributed by atoms with Crippen LogP contribution in [0.5, 0.6) is 0 Å². The molecular formula is C17H29N2NaO4. The predicted molar refractivity (Wildman–Crippen MR) is 88.0 cm³/mol. The van der Waals surface area contributed by atoms with E-state index < -0.39 is 5.97 Å². The molecule has 7 heteroatoms. The van der Waals surface area contributed by atoms with E-state index in [1.807, 2.05) is 18.7 Å². The summed E-state index contributed by atoms with van der Waals surface area (Å²) in [5.74, 6) is -1.28. The average Bonchev–Trinajstić information content (AvgIpc) is 2.57. The number of unbranched alkanes of at least 4 members (excludes halogenated alkanes) is 1. The van der Waals surface area contributed by atoms with Crippen LogP contribution in [-0.4, -0.2) is 53.9 Å². The predicted octanol–water partition coefficient (Wildman–Crippen LogP) is -1.91. The van der Waals surface area contributed by atoms with Crippen molar-refractivity contribution in [2.24, 2.45) is 0 Å². The van der Waals surface area contributed by atoms with Crippen LogP contribution in [0.25, 0.3) is 0 Å². The average molecular weight is 348 g/mol. The molecule has 1 N–H and O–H groups in total. The Bertz CT molecular complexity index is 433. The van der Waals surface area contributed by atoms with Gasteiger partial charge in [0.2, 0.25) is 0 Å². The van der Waals surface area contributed by atoms with E-state index in [1.54, 1.807) is 12.1 Å². The molecule has 0 bridgehead atoms. The first-order chi connectivity index (χ1) is 11.2. The van der Waals surface area contributed by atoms with Gasteiger partial charge in [0.25, 0.3) is 0 Å². The number of aromatic carboxylic acids is 1. The van der Waals surface area contributed by atoms with Crippen molar-refractivity contribution in [1.29, 1.82) is 0 Å². The fourth-order valence-corrected chi connectivity index (χ4v) is 1.86. The van der Waals surface area contributed by atoms with Crippen molar-refractivity contribution in [3.05, 3.63) is 29.6 Å². The molecule has 0 saturated heterocycles. The van der Waals surface area contributed by atoms with E-state index in [1.165, 1.54) is 6.07 Å². The van der Waals surface area contributed by atoms with Crippen molar-refractivity contribution >= 4 is 5.97 Å². The van der Waals surface area contributed by atoms with Crippen LogP contribution in [0.1, 0.15) is 49.8 Å².